The second-order valence-electron chi connectivity index (χ2n) is 6.38. The molecule has 1 N–H and O–H groups in total. The van der Waals surface area contributed by atoms with E-state index in [0.717, 1.165) is 4.90 Å². The molecule has 1 amide bonds. The molecule has 0 fully saturated rings. The second-order valence-corrected chi connectivity index (χ2v) is 7.44. The average molecular weight is 439 g/mol. The van der Waals surface area contributed by atoms with Crippen molar-refractivity contribution in [2.45, 2.75) is 22.9 Å². The number of rotatable bonds is 8. The Hall–Kier alpha value is -3.52. The summed E-state index contributed by atoms with van der Waals surface area (Å²) in [6, 6.07) is 17.8. The van der Waals surface area contributed by atoms with E-state index in [1.165, 1.54) is 32.9 Å². The molecule has 160 valence electrons. The summed E-state index contributed by atoms with van der Waals surface area (Å²) in [7, 11) is 3.03. The number of nitrogens with one attached hydrogen (secondary N) is 1. The van der Waals surface area contributed by atoms with Crippen LogP contribution < -0.4 is 14.8 Å². The first-order valence-corrected chi connectivity index (χ1v) is 10.2. The molecule has 31 heavy (non-hydrogen) atoms. The fourth-order valence-electron chi connectivity index (χ4n) is 2.66. The molecule has 0 radical (unpaired) electrons. The Balaban J connectivity index is 1.67. The fourth-order valence-corrected chi connectivity index (χ4v) is 3.55. The number of methoxy groups -OCH3 is 2. The van der Waals surface area contributed by atoms with E-state index in [1.54, 1.807) is 36.5 Å². The van der Waals surface area contributed by atoms with Crippen LogP contribution in [0.3, 0.4) is 0 Å². The predicted octanol–water partition coefficient (Wildman–Crippen LogP) is 4.43. The third kappa shape index (κ3) is 5.76. The lowest BCUT2D eigenvalue weighted by Gasteiger charge is -2.15. The molecule has 1 unspecified atom stereocenters. The third-order valence-corrected chi connectivity index (χ3v) is 5.28. The van der Waals surface area contributed by atoms with Crippen molar-refractivity contribution < 1.29 is 23.8 Å². The quantitative estimate of drug-likeness (QED) is 0.521. The van der Waals surface area contributed by atoms with Gasteiger partial charge in [-0.15, -0.1) is 0 Å². The Kier molecular flexibility index (Phi) is 7.50. The highest BCUT2D eigenvalue weighted by atomic mass is 32.2. The number of amides is 1. The zero-order chi connectivity index (χ0) is 22.2. The van der Waals surface area contributed by atoms with Crippen LogP contribution in [0.5, 0.6) is 11.5 Å². The molecular formula is C23H22N2O5S. The zero-order valence-corrected chi connectivity index (χ0v) is 18.1. The van der Waals surface area contributed by atoms with Gasteiger partial charge in [0.25, 0.3) is 5.91 Å². The molecule has 0 bridgehead atoms. The standard InChI is InChI=1S/C23H22N2O5S/c1-15(21(26)25-16-11-12-19(28-2)20(14-16)29-3)30-23(27)18-10-7-13-24-22(18)31-17-8-5-4-6-9-17/h4-15H,1-3H3,(H,25,26). The van der Waals surface area contributed by atoms with Crippen molar-refractivity contribution in [1.82, 2.24) is 4.98 Å². The molecule has 0 aliphatic heterocycles. The maximum atomic E-state index is 12.7. The SMILES string of the molecule is COc1ccc(NC(=O)C(C)OC(=O)c2cccnc2Sc2ccccc2)cc1OC. The van der Waals surface area contributed by atoms with Crippen LogP contribution in [0.15, 0.2) is 76.8 Å². The first kappa shape index (κ1) is 22.2. The maximum Gasteiger partial charge on any atom is 0.341 e. The number of esters is 1. The number of anilines is 1. The van der Waals surface area contributed by atoms with Gasteiger partial charge in [-0.3, -0.25) is 4.79 Å². The molecule has 1 heterocycles. The van der Waals surface area contributed by atoms with Crippen molar-refractivity contribution in [3.8, 4) is 11.5 Å². The molecule has 7 nitrogen and oxygen atoms in total. The average Bonchev–Trinajstić information content (AvgIpc) is 2.79. The third-order valence-electron chi connectivity index (χ3n) is 4.25. The lowest BCUT2D eigenvalue weighted by Crippen LogP contribution is -2.30. The second kappa shape index (κ2) is 10.5. The zero-order valence-electron chi connectivity index (χ0n) is 17.3. The van der Waals surface area contributed by atoms with Gasteiger partial charge >= 0.3 is 5.97 Å². The van der Waals surface area contributed by atoms with Crippen molar-refractivity contribution in [3.63, 3.8) is 0 Å². The number of hydrogen-bond donors (Lipinski definition) is 1. The van der Waals surface area contributed by atoms with Gasteiger partial charge in [0, 0.05) is 22.8 Å². The summed E-state index contributed by atoms with van der Waals surface area (Å²) in [6.07, 6.45) is 0.588. The largest absolute Gasteiger partial charge is 0.493 e. The number of pyridine rings is 1. The van der Waals surface area contributed by atoms with Gasteiger partial charge < -0.3 is 19.5 Å². The van der Waals surface area contributed by atoms with E-state index in [-0.39, 0.29) is 0 Å². The molecule has 0 aliphatic rings. The minimum absolute atomic E-state index is 0.294. The normalized spacial score (nSPS) is 11.3. The van der Waals surface area contributed by atoms with Crippen molar-refractivity contribution >= 4 is 29.3 Å². The van der Waals surface area contributed by atoms with Crippen LogP contribution in [-0.2, 0) is 9.53 Å². The summed E-state index contributed by atoms with van der Waals surface area (Å²) in [5, 5.41) is 3.21. The highest BCUT2D eigenvalue weighted by molar-refractivity contribution is 7.99. The lowest BCUT2D eigenvalue weighted by atomic mass is 10.2. The highest BCUT2D eigenvalue weighted by Gasteiger charge is 2.22. The van der Waals surface area contributed by atoms with Crippen molar-refractivity contribution in [1.29, 1.82) is 0 Å². The number of ether oxygens (including phenoxy) is 3. The van der Waals surface area contributed by atoms with Gasteiger partial charge in [-0.1, -0.05) is 30.0 Å². The highest BCUT2D eigenvalue weighted by Crippen LogP contribution is 2.30. The molecule has 8 heteroatoms. The van der Waals surface area contributed by atoms with E-state index in [0.29, 0.717) is 27.8 Å². The minimum atomic E-state index is -1.02. The number of aromatic nitrogens is 1. The van der Waals surface area contributed by atoms with Crippen LogP contribution in [0.4, 0.5) is 5.69 Å². The van der Waals surface area contributed by atoms with Crippen molar-refractivity contribution in [3.05, 3.63) is 72.4 Å². The Bertz CT molecular complexity index is 1060. The summed E-state index contributed by atoms with van der Waals surface area (Å²) in [5.41, 5.74) is 0.786. The molecule has 3 aromatic rings. The minimum Gasteiger partial charge on any atom is -0.493 e. The van der Waals surface area contributed by atoms with Gasteiger partial charge in [0.15, 0.2) is 17.6 Å². The molecular weight excluding hydrogens is 416 g/mol. The van der Waals surface area contributed by atoms with Crippen LogP contribution in [0.25, 0.3) is 0 Å². The Labute approximate surface area is 184 Å². The van der Waals surface area contributed by atoms with Crippen molar-refractivity contribution in [2.24, 2.45) is 0 Å². The van der Waals surface area contributed by atoms with Crippen LogP contribution in [-0.4, -0.2) is 37.2 Å². The molecule has 3 rings (SSSR count). The molecule has 0 saturated carbocycles. The summed E-state index contributed by atoms with van der Waals surface area (Å²) in [5.74, 6) is -0.0777. The maximum absolute atomic E-state index is 12.7. The molecule has 2 aromatic carbocycles. The number of hydrogen-bond acceptors (Lipinski definition) is 7. The lowest BCUT2D eigenvalue weighted by molar-refractivity contribution is -0.123. The van der Waals surface area contributed by atoms with Crippen molar-refractivity contribution in [2.75, 3.05) is 19.5 Å². The van der Waals surface area contributed by atoms with Crippen LogP contribution in [0.2, 0.25) is 0 Å². The summed E-state index contributed by atoms with van der Waals surface area (Å²) in [4.78, 5) is 30.5. The molecule has 0 aliphatic carbocycles. The number of benzene rings is 2. The van der Waals surface area contributed by atoms with Gasteiger partial charge in [-0.05, 0) is 43.3 Å². The van der Waals surface area contributed by atoms with E-state index in [9.17, 15) is 9.59 Å². The van der Waals surface area contributed by atoms with E-state index in [4.69, 9.17) is 14.2 Å². The smallest absolute Gasteiger partial charge is 0.341 e. The number of carbonyl (C=O) groups is 2. The Morgan fingerprint density at radius 1 is 0.968 bits per heavy atom. The fraction of sp³-hybridized carbons (Fsp3) is 0.174. The molecule has 0 saturated heterocycles. The van der Waals surface area contributed by atoms with Gasteiger partial charge in [-0.2, -0.15) is 0 Å². The summed E-state index contributed by atoms with van der Waals surface area (Å²) in [6.45, 7) is 1.51. The molecule has 1 aromatic heterocycles. The van der Waals surface area contributed by atoms with Gasteiger partial charge in [0.05, 0.1) is 19.8 Å². The number of carbonyl (C=O) groups excluding carboxylic acids is 2. The van der Waals surface area contributed by atoms with Gasteiger partial charge in [0.1, 0.15) is 5.03 Å². The Morgan fingerprint density at radius 3 is 2.42 bits per heavy atom. The summed E-state index contributed by atoms with van der Waals surface area (Å²) >= 11 is 1.35. The van der Waals surface area contributed by atoms with Crippen LogP contribution in [0.1, 0.15) is 17.3 Å². The van der Waals surface area contributed by atoms with Gasteiger partial charge in [0.2, 0.25) is 0 Å². The molecule has 1 atom stereocenters. The van der Waals surface area contributed by atoms with E-state index >= 15 is 0 Å². The topological polar surface area (TPSA) is 86.8 Å². The molecule has 0 spiro atoms. The van der Waals surface area contributed by atoms with E-state index in [2.05, 4.69) is 10.3 Å². The van der Waals surface area contributed by atoms with E-state index in [1.807, 2.05) is 30.3 Å². The van der Waals surface area contributed by atoms with E-state index < -0.39 is 18.0 Å². The first-order valence-electron chi connectivity index (χ1n) is 9.43. The number of nitrogens with zero attached hydrogens (tertiary/aromatic N) is 1. The predicted molar refractivity (Wildman–Crippen MR) is 118 cm³/mol. The van der Waals surface area contributed by atoms with Gasteiger partial charge in [-0.25, -0.2) is 9.78 Å². The summed E-state index contributed by atoms with van der Waals surface area (Å²) < 4.78 is 15.8. The van der Waals surface area contributed by atoms with Crippen LogP contribution in [0, 0.1) is 0 Å². The van der Waals surface area contributed by atoms with Crippen LogP contribution >= 0.6 is 11.8 Å². The monoisotopic (exact) mass is 438 g/mol. The Morgan fingerprint density at radius 2 is 1.71 bits per heavy atom. The first-order chi connectivity index (χ1) is 15.0.